The quantitative estimate of drug-likeness (QED) is 0.476. The number of halogens is 1. The molecular formula is C18H17BrN6O. The van der Waals surface area contributed by atoms with Crippen LogP contribution in [0.25, 0.3) is 0 Å². The molecule has 0 aliphatic heterocycles. The van der Waals surface area contributed by atoms with Gasteiger partial charge >= 0.3 is 0 Å². The highest BCUT2D eigenvalue weighted by Crippen LogP contribution is 2.25. The normalized spacial score (nSPS) is 10.2. The van der Waals surface area contributed by atoms with Crippen molar-refractivity contribution in [3.8, 4) is 0 Å². The average Bonchev–Trinajstić information content (AvgIpc) is 2.64. The lowest BCUT2D eigenvalue weighted by Crippen LogP contribution is -2.30. The van der Waals surface area contributed by atoms with Crippen molar-refractivity contribution in [3.05, 3.63) is 70.5 Å². The molecule has 26 heavy (non-hydrogen) atoms. The summed E-state index contributed by atoms with van der Waals surface area (Å²) < 4.78 is 0.897. The number of carbonyl (C=O) groups excluding carboxylic acids is 1. The zero-order chi connectivity index (χ0) is 18.5. The van der Waals surface area contributed by atoms with E-state index in [2.05, 4.69) is 42.1 Å². The number of carbonyl (C=O) groups is 1. The minimum Gasteiger partial charge on any atom is -0.393 e. The highest BCUT2D eigenvalue weighted by Gasteiger charge is 2.10. The highest BCUT2D eigenvalue weighted by atomic mass is 79.9. The first-order valence-corrected chi connectivity index (χ1v) is 8.58. The number of hydrogen-bond acceptors (Lipinski definition) is 6. The van der Waals surface area contributed by atoms with Gasteiger partial charge in [-0.1, -0.05) is 33.6 Å². The van der Waals surface area contributed by atoms with Gasteiger partial charge in [0.15, 0.2) is 11.6 Å². The first-order chi connectivity index (χ1) is 12.5. The van der Waals surface area contributed by atoms with Crippen molar-refractivity contribution < 1.29 is 4.79 Å². The van der Waals surface area contributed by atoms with Crippen LogP contribution in [0.15, 0.2) is 59.3 Å². The van der Waals surface area contributed by atoms with Crippen LogP contribution in [0, 0.1) is 6.92 Å². The van der Waals surface area contributed by atoms with Gasteiger partial charge in [0.1, 0.15) is 12.0 Å². The van der Waals surface area contributed by atoms with Crippen molar-refractivity contribution in [2.45, 2.75) is 6.92 Å². The molecule has 0 fully saturated rings. The van der Waals surface area contributed by atoms with Gasteiger partial charge in [-0.2, -0.15) is 0 Å². The molecule has 1 amide bonds. The summed E-state index contributed by atoms with van der Waals surface area (Å²) in [6.45, 7) is 2.01. The first kappa shape index (κ1) is 17.7. The molecule has 0 radical (unpaired) electrons. The summed E-state index contributed by atoms with van der Waals surface area (Å²) in [6, 6.07) is 14.8. The van der Waals surface area contributed by atoms with Crippen LogP contribution in [-0.4, -0.2) is 15.9 Å². The van der Waals surface area contributed by atoms with Gasteiger partial charge in [-0.15, -0.1) is 0 Å². The number of nitrogens with two attached hydrogens (primary N) is 1. The van der Waals surface area contributed by atoms with Crippen molar-refractivity contribution in [2.75, 3.05) is 16.5 Å². The van der Waals surface area contributed by atoms with E-state index in [1.807, 2.05) is 31.2 Å². The van der Waals surface area contributed by atoms with E-state index >= 15 is 0 Å². The second-order valence-electron chi connectivity index (χ2n) is 5.56. The molecule has 3 aromatic rings. The third-order valence-corrected chi connectivity index (χ3v) is 4.13. The predicted molar refractivity (Wildman–Crippen MR) is 106 cm³/mol. The summed E-state index contributed by atoms with van der Waals surface area (Å²) in [4.78, 5) is 20.4. The van der Waals surface area contributed by atoms with Gasteiger partial charge in [-0.25, -0.2) is 9.97 Å². The van der Waals surface area contributed by atoms with Gasteiger partial charge in [-0.3, -0.25) is 15.6 Å². The molecule has 2 aromatic carbocycles. The summed E-state index contributed by atoms with van der Waals surface area (Å²) in [5.41, 5.74) is 14.2. The molecule has 5 N–H and O–H groups in total. The van der Waals surface area contributed by atoms with E-state index in [4.69, 9.17) is 5.73 Å². The largest absolute Gasteiger partial charge is 0.393 e. The molecular weight excluding hydrogens is 396 g/mol. The molecule has 0 saturated heterocycles. The van der Waals surface area contributed by atoms with Crippen molar-refractivity contribution in [1.29, 1.82) is 0 Å². The van der Waals surface area contributed by atoms with Crippen molar-refractivity contribution in [1.82, 2.24) is 15.4 Å². The second kappa shape index (κ2) is 7.83. The van der Waals surface area contributed by atoms with E-state index in [1.54, 1.807) is 24.3 Å². The lowest BCUT2D eigenvalue weighted by Gasteiger charge is -2.13. The van der Waals surface area contributed by atoms with E-state index in [1.165, 1.54) is 6.33 Å². The third kappa shape index (κ3) is 4.28. The summed E-state index contributed by atoms with van der Waals surface area (Å²) in [5, 5.41) is 3.13. The minimum atomic E-state index is -0.302. The Hall–Kier alpha value is -3.13. The fourth-order valence-corrected chi connectivity index (χ4v) is 2.42. The summed E-state index contributed by atoms with van der Waals surface area (Å²) in [7, 11) is 0. The molecule has 0 aliphatic carbocycles. The zero-order valence-corrected chi connectivity index (χ0v) is 15.5. The Kier molecular flexibility index (Phi) is 5.33. The monoisotopic (exact) mass is 412 g/mol. The van der Waals surface area contributed by atoms with E-state index in [0.717, 1.165) is 15.7 Å². The van der Waals surface area contributed by atoms with Gasteiger partial charge in [-0.05, 0) is 43.3 Å². The molecule has 0 spiro atoms. The molecule has 1 heterocycles. The predicted octanol–water partition coefficient (Wildman–Crippen LogP) is 3.63. The molecule has 0 atom stereocenters. The number of aromatic nitrogens is 2. The Morgan fingerprint density at radius 1 is 1.00 bits per heavy atom. The van der Waals surface area contributed by atoms with Gasteiger partial charge < -0.3 is 11.1 Å². The number of anilines is 4. The number of rotatable bonds is 5. The van der Waals surface area contributed by atoms with E-state index in [-0.39, 0.29) is 5.91 Å². The Morgan fingerprint density at radius 2 is 1.65 bits per heavy atom. The minimum absolute atomic E-state index is 0.296. The van der Waals surface area contributed by atoms with E-state index in [0.29, 0.717) is 22.9 Å². The molecule has 7 nitrogen and oxygen atoms in total. The van der Waals surface area contributed by atoms with Crippen LogP contribution in [0.5, 0.6) is 0 Å². The Labute approximate surface area is 159 Å². The van der Waals surface area contributed by atoms with Crippen LogP contribution in [0.1, 0.15) is 15.9 Å². The fraction of sp³-hybridized carbons (Fsp3) is 0.0556. The molecule has 132 valence electrons. The Balaban J connectivity index is 1.69. The number of nitrogen functional groups attached to an aromatic ring is 1. The van der Waals surface area contributed by atoms with Crippen LogP contribution in [-0.2, 0) is 0 Å². The average molecular weight is 413 g/mol. The molecule has 1 aromatic heterocycles. The van der Waals surface area contributed by atoms with Gasteiger partial charge in [0.25, 0.3) is 5.91 Å². The van der Waals surface area contributed by atoms with Gasteiger partial charge in [0, 0.05) is 15.7 Å². The number of nitrogens with one attached hydrogen (secondary N) is 3. The number of amides is 1. The summed E-state index contributed by atoms with van der Waals surface area (Å²) in [5.74, 6) is 0.452. The van der Waals surface area contributed by atoms with Crippen LogP contribution >= 0.6 is 15.9 Å². The molecule has 0 unspecified atom stereocenters. The number of aryl methyl sites for hydroxylation is 1. The van der Waals surface area contributed by atoms with Crippen molar-refractivity contribution in [3.63, 3.8) is 0 Å². The van der Waals surface area contributed by atoms with Crippen LogP contribution in [0.4, 0.5) is 23.0 Å². The van der Waals surface area contributed by atoms with Crippen molar-refractivity contribution >= 4 is 44.8 Å². The van der Waals surface area contributed by atoms with E-state index in [9.17, 15) is 4.79 Å². The molecule has 3 rings (SSSR count). The Bertz CT molecular complexity index is 912. The molecule has 0 aliphatic rings. The van der Waals surface area contributed by atoms with Crippen LogP contribution in [0.3, 0.4) is 0 Å². The standard InChI is InChI=1S/C18H17BrN6O/c1-11-2-8-14(9-3-11)23-16-15(20)17(22-10-21-16)24-25-18(26)12-4-6-13(19)7-5-12/h2-10H,20H2,1H3,(H,25,26)(H2,21,22,23,24). The number of nitrogens with zero attached hydrogens (tertiary/aromatic N) is 2. The third-order valence-electron chi connectivity index (χ3n) is 3.60. The lowest BCUT2D eigenvalue weighted by atomic mass is 10.2. The molecule has 0 bridgehead atoms. The maximum absolute atomic E-state index is 12.2. The number of hydrazine groups is 1. The van der Waals surface area contributed by atoms with Crippen LogP contribution < -0.4 is 21.9 Å². The second-order valence-corrected chi connectivity index (χ2v) is 6.48. The van der Waals surface area contributed by atoms with Gasteiger partial charge in [0.2, 0.25) is 0 Å². The fourth-order valence-electron chi connectivity index (χ4n) is 2.16. The molecule has 0 saturated carbocycles. The zero-order valence-electron chi connectivity index (χ0n) is 14.0. The first-order valence-electron chi connectivity index (χ1n) is 7.79. The lowest BCUT2D eigenvalue weighted by molar-refractivity contribution is 0.0962. The number of hydrogen-bond donors (Lipinski definition) is 4. The maximum atomic E-state index is 12.2. The maximum Gasteiger partial charge on any atom is 0.269 e. The molecule has 8 heteroatoms. The Morgan fingerprint density at radius 3 is 2.35 bits per heavy atom. The summed E-state index contributed by atoms with van der Waals surface area (Å²) >= 11 is 3.33. The number of benzene rings is 2. The topological polar surface area (TPSA) is 105 Å². The van der Waals surface area contributed by atoms with E-state index < -0.39 is 0 Å². The van der Waals surface area contributed by atoms with Gasteiger partial charge in [0.05, 0.1) is 0 Å². The van der Waals surface area contributed by atoms with Crippen molar-refractivity contribution in [2.24, 2.45) is 0 Å². The SMILES string of the molecule is Cc1ccc(Nc2ncnc(NNC(=O)c3ccc(Br)cc3)c2N)cc1. The smallest absolute Gasteiger partial charge is 0.269 e. The summed E-state index contributed by atoms with van der Waals surface area (Å²) in [6.07, 6.45) is 1.36. The van der Waals surface area contributed by atoms with Crippen LogP contribution in [0.2, 0.25) is 0 Å². The highest BCUT2D eigenvalue weighted by molar-refractivity contribution is 9.10.